The average Bonchev–Trinajstić information content (AvgIpc) is 2.92. The maximum atomic E-state index is 12.0. The number of imidazole rings is 1. The Morgan fingerprint density at radius 2 is 2.14 bits per heavy atom. The normalized spacial score (nSPS) is 18.9. The number of hydrogen-bond donors (Lipinski definition) is 1. The molecule has 1 aromatic rings. The van der Waals surface area contributed by atoms with Gasteiger partial charge >= 0.3 is 12.1 Å². The molecule has 0 unspecified atom stereocenters. The third-order valence-corrected chi connectivity index (χ3v) is 3.44. The summed E-state index contributed by atoms with van der Waals surface area (Å²) in [6, 6.07) is -0.163. The van der Waals surface area contributed by atoms with Crippen molar-refractivity contribution in [2.75, 3.05) is 13.1 Å². The van der Waals surface area contributed by atoms with Gasteiger partial charge in [-0.1, -0.05) is 11.6 Å². The molecule has 0 saturated carbocycles. The Labute approximate surface area is 127 Å². The molecule has 8 heteroatoms. The van der Waals surface area contributed by atoms with Crippen LogP contribution in [0.5, 0.6) is 0 Å². The lowest BCUT2D eigenvalue weighted by Gasteiger charge is -2.24. The Morgan fingerprint density at radius 1 is 1.48 bits per heavy atom. The predicted molar refractivity (Wildman–Crippen MR) is 75.7 cm³/mol. The summed E-state index contributed by atoms with van der Waals surface area (Å²) in [5, 5.41) is 9.13. The molecule has 7 nitrogen and oxygen atoms in total. The Bertz CT molecular complexity index is 564. The SMILES string of the molecule is CC(C)(C)OC(=O)N1CC[C@@H](n2cnc(Cl)c2C(=O)O)C1. The molecule has 2 heterocycles. The highest BCUT2D eigenvalue weighted by molar-refractivity contribution is 6.32. The monoisotopic (exact) mass is 315 g/mol. The first-order valence-electron chi connectivity index (χ1n) is 6.62. The van der Waals surface area contributed by atoms with Crippen molar-refractivity contribution in [1.29, 1.82) is 0 Å². The van der Waals surface area contributed by atoms with Crippen molar-refractivity contribution < 1.29 is 19.4 Å². The van der Waals surface area contributed by atoms with E-state index in [4.69, 9.17) is 16.3 Å². The largest absolute Gasteiger partial charge is 0.476 e. The Balaban J connectivity index is 2.10. The van der Waals surface area contributed by atoms with Gasteiger partial charge in [0.05, 0.1) is 12.4 Å². The summed E-state index contributed by atoms with van der Waals surface area (Å²) in [4.78, 5) is 28.6. The first kappa shape index (κ1) is 15.6. The van der Waals surface area contributed by atoms with Crippen molar-refractivity contribution >= 4 is 23.7 Å². The molecule has 21 heavy (non-hydrogen) atoms. The van der Waals surface area contributed by atoms with Gasteiger partial charge < -0.3 is 19.3 Å². The number of halogens is 1. The molecular formula is C13H18ClN3O4. The van der Waals surface area contributed by atoms with Crippen molar-refractivity contribution in [3.63, 3.8) is 0 Å². The van der Waals surface area contributed by atoms with Crippen molar-refractivity contribution in [3.05, 3.63) is 17.2 Å². The highest BCUT2D eigenvalue weighted by atomic mass is 35.5. The predicted octanol–water partition coefficient (Wildman–Crippen LogP) is 2.42. The van der Waals surface area contributed by atoms with E-state index in [0.717, 1.165) is 0 Å². The average molecular weight is 316 g/mol. The minimum atomic E-state index is -1.13. The van der Waals surface area contributed by atoms with Crippen LogP contribution in [0.4, 0.5) is 4.79 Å². The van der Waals surface area contributed by atoms with Crippen LogP contribution in [0.2, 0.25) is 5.15 Å². The van der Waals surface area contributed by atoms with Gasteiger partial charge in [-0.25, -0.2) is 14.6 Å². The summed E-state index contributed by atoms with van der Waals surface area (Å²) in [5.41, 5.74) is -0.604. The number of carbonyl (C=O) groups excluding carboxylic acids is 1. The van der Waals surface area contributed by atoms with Crippen LogP contribution >= 0.6 is 11.6 Å². The van der Waals surface area contributed by atoms with Crippen molar-refractivity contribution in [1.82, 2.24) is 14.5 Å². The Kier molecular flexibility index (Phi) is 4.13. The van der Waals surface area contributed by atoms with E-state index in [0.29, 0.717) is 19.5 Å². The standard InChI is InChI=1S/C13H18ClN3O4/c1-13(2,3)21-12(20)16-5-4-8(6-16)17-7-15-10(14)9(17)11(18)19/h7-8H,4-6H2,1-3H3,(H,18,19)/t8-/m1/s1. The zero-order valence-corrected chi connectivity index (χ0v) is 12.9. The summed E-state index contributed by atoms with van der Waals surface area (Å²) in [5.74, 6) is -1.13. The summed E-state index contributed by atoms with van der Waals surface area (Å²) < 4.78 is 6.82. The minimum Gasteiger partial charge on any atom is -0.476 e. The van der Waals surface area contributed by atoms with E-state index in [1.807, 2.05) is 0 Å². The second-order valence-electron chi connectivity index (χ2n) is 5.97. The third kappa shape index (κ3) is 3.47. The van der Waals surface area contributed by atoms with E-state index in [9.17, 15) is 14.7 Å². The third-order valence-electron chi connectivity index (χ3n) is 3.16. The topological polar surface area (TPSA) is 84.7 Å². The molecule has 1 fully saturated rings. The van der Waals surface area contributed by atoms with Crippen LogP contribution in [0.25, 0.3) is 0 Å². The number of carbonyl (C=O) groups is 2. The van der Waals surface area contributed by atoms with E-state index in [1.165, 1.54) is 10.9 Å². The van der Waals surface area contributed by atoms with E-state index in [1.54, 1.807) is 25.7 Å². The maximum absolute atomic E-state index is 12.0. The van der Waals surface area contributed by atoms with Crippen molar-refractivity contribution in [2.45, 2.75) is 38.8 Å². The first-order valence-corrected chi connectivity index (χ1v) is 7.00. The van der Waals surface area contributed by atoms with Gasteiger partial charge in [-0.2, -0.15) is 0 Å². The lowest BCUT2D eigenvalue weighted by atomic mass is 10.2. The summed E-state index contributed by atoms with van der Waals surface area (Å²) in [6.45, 7) is 6.29. The quantitative estimate of drug-likeness (QED) is 0.906. The number of amides is 1. The highest BCUT2D eigenvalue weighted by Crippen LogP contribution is 2.27. The molecule has 1 aromatic heterocycles. The van der Waals surface area contributed by atoms with E-state index >= 15 is 0 Å². The lowest BCUT2D eigenvalue weighted by Crippen LogP contribution is -2.35. The Morgan fingerprint density at radius 3 is 2.71 bits per heavy atom. The van der Waals surface area contributed by atoms with Gasteiger partial charge in [0.2, 0.25) is 0 Å². The van der Waals surface area contributed by atoms with Crippen molar-refractivity contribution in [3.8, 4) is 0 Å². The zero-order chi connectivity index (χ0) is 15.8. The van der Waals surface area contributed by atoms with Gasteiger partial charge in [-0.05, 0) is 27.2 Å². The molecule has 0 aliphatic carbocycles. The fourth-order valence-corrected chi connectivity index (χ4v) is 2.50. The number of carboxylic acids is 1. The van der Waals surface area contributed by atoms with E-state index < -0.39 is 17.7 Å². The number of likely N-dealkylation sites (tertiary alicyclic amines) is 1. The molecule has 0 bridgehead atoms. The van der Waals surface area contributed by atoms with Crippen LogP contribution in [-0.4, -0.2) is 50.3 Å². The van der Waals surface area contributed by atoms with E-state index in [2.05, 4.69) is 4.98 Å². The zero-order valence-electron chi connectivity index (χ0n) is 12.2. The van der Waals surface area contributed by atoms with Crippen LogP contribution < -0.4 is 0 Å². The maximum Gasteiger partial charge on any atom is 0.410 e. The molecule has 0 spiro atoms. The van der Waals surface area contributed by atoms with Gasteiger partial charge in [-0.15, -0.1) is 0 Å². The van der Waals surface area contributed by atoms with Gasteiger partial charge in [0.1, 0.15) is 5.60 Å². The molecule has 1 aliphatic rings. The molecule has 0 aromatic carbocycles. The number of carboxylic acid groups (broad SMARTS) is 1. The summed E-state index contributed by atoms with van der Waals surface area (Å²) >= 11 is 5.79. The molecular weight excluding hydrogens is 298 g/mol. The molecule has 116 valence electrons. The van der Waals surface area contributed by atoms with E-state index in [-0.39, 0.29) is 16.9 Å². The second-order valence-corrected chi connectivity index (χ2v) is 6.32. The van der Waals surface area contributed by atoms with Crippen LogP contribution in [0.15, 0.2) is 6.33 Å². The smallest absolute Gasteiger partial charge is 0.410 e. The second kappa shape index (κ2) is 5.55. The molecule has 1 atom stereocenters. The van der Waals surface area contributed by atoms with Crippen molar-refractivity contribution in [2.24, 2.45) is 0 Å². The van der Waals surface area contributed by atoms with Gasteiger partial charge in [0.15, 0.2) is 10.8 Å². The summed E-state index contributed by atoms with van der Waals surface area (Å²) in [7, 11) is 0. The van der Waals surface area contributed by atoms with Crippen LogP contribution in [-0.2, 0) is 4.74 Å². The molecule has 1 N–H and O–H groups in total. The molecule has 2 rings (SSSR count). The number of nitrogens with zero attached hydrogens (tertiary/aromatic N) is 3. The number of aromatic carboxylic acids is 1. The highest BCUT2D eigenvalue weighted by Gasteiger charge is 2.33. The summed E-state index contributed by atoms with van der Waals surface area (Å²) in [6.07, 6.45) is 1.63. The fourth-order valence-electron chi connectivity index (χ4n) is 2.28. The van der Waals surface area contributed by atoms with Crippen LogP contribution in [0.1, 0.15) is 43.7 Å². The fraction of sp³-hybridized carbons (Fsp3) is 0.615. The molecule has 1 aliphatic heterocycles. The molecule has 0 radical (unpaired) electrons. The number of aromatic nitrogens is 2. The first-order chi connectivity index (χ1) is 9.69. The van der Waals surface area contributed by atoms with Crippen LogP contribution in [0.3, 0.4) is 0 Å². The number of rotatable bonds is 2. The number of ether oxygens (including phenoxy) is 1. The molecule has 1 amide bonds. The van der Waals surface area contributed by atoms with Crippen LogP contribution in [0, 0.1) is 0 Å². The number of hydrogen-bond acceptors (Lipinski definition) is 4. The lowest BCUT2D eigenvalue weighted by molar-refractivity contribution is 0.0289. The Hall–Kier alpha value is -1.76. The molecule has 1 saturated heterocycles. The van der Waals surface area contributed by atoms with Gasteiger partial charge in [-0.3, -0.25) is 0 Å². The van der Waals surface area contributed by atoms with Gasteiger partial charge in [0.25, 0.3) is 0 Å². The minimum absolute atomic E-state index is 0.0433. The van der Waals surface area contributed by atoms with Gasteiger partial charge in [0, 0.05) is 13.1 Å².